The lowest BCUT2D eigenvalue weighted by molar-refractivity contribution is -0.240. The van der Waals surface area contributed by atoms with Gasteiger partial charge in [0, 0.05) is 13.3 Å². The van der Waals surface area contributed by atoms with Crippen LogP contribution in [0, 0.1) is 0 Å². The van der Waals surface area contributed by atoms with Crippen LogP contribution in [0.1, 0.15) is 20.3 Å². The van der Waals surface area contributed by atoms with Crippen molar-refractivity contribution in [2.75, 3.05) is 0 Å². The van der Waals surface area contributed by atoms with Crippen molar-refractivity contribution in [3.8, 4) is 0 Å². The average molecular weight is 149 g/mol. The molecule has 0 rings (SSSR count). The quantitative estimate of drug-likeness (QED) is 0.358. The third-order valence-electron chi connectivity index (χ3n) is 0.647. The second kappa shape index (κ2) is 3.50. The summed E-state index contributed by atoms with van der Waals surface area (Å²) in [6, 6.07) is 0. The van der Waals surface area contributed by atoms with Crippen LogP contribution in [0.5, 0.6) is 0 Å². The van der Waals surface area contributed by atoms with Gasteiger partial charge in [0.25, 0.3) is 5.91 Å². The second-order valence-corrected chi connectivity index (χ2v) is 1.95. The molecule has 5 heteroatoms. The Kier molecular flexibility index (Phi) is 3.27. The molecule has 0 aromatic rings. The molecule has 0 spiro atoms. The Labute approximate surface area is 58.6 Å². The van der Waals surface area contributed by atoms with Crippen LogP contribution in [0.15, 0.2) is 0 Å². The van der Waals surface area contributed by atoms with Crippen molar-refractivity contribution < 1.29 is 19.8 Å². The molecule has 60 valence electrons. The lowest BCUT2D eigenvalue weighted by Crippen LogP contribution is -2.42. The summed E-state index contributed by atoms with van der Waals surface area (Å²) in [5.74, 6) is -2.71. The van der Waals surface area contributed by atoms with Crippen molar-refractivity contribution in [1.29, 1.82) is 0 Å². The molecule has 0 unspecified atom stereocenters. The molecule has 5 nitrogen and oxygen atoms in total. The van der Waals surface area contributed by atoms with Crippen molar-refractivity contribution in [3.05, 3.63) is 0 Å². The summed E-state index contributed by atoms with van der Waals surface area (Å²) in [5, 5.41) is 17.1. The van der Waals surface area contributed by atoms with Crippen molar-refractivity contribution in [2.45, 2.75) is 26.2 Å². The molecule has 0 saturated carbocycles. The topological polar surface area (TPSA) is 78.8 Å². The Hall–Kier alpha value is -0.650. The maximum atomic E-state index is 10.4. The van der Waals surface area contributed by atoms with Gasteiger partial charge >= 0.3 is 5.97 Å². The van der Waals surface area contributed by atoms with E-state index in [1.165, 1.54) is 0 Å². The molecule has 0 aromatic heterocycles. The molecule has 0 bridgehead atoms. The number of carbonyl (C=O) groups is 1. The summed E-state index contributed by atoms with van der Waals surface area (Å²) in [7, 11) is 0. The van der Waals surface area contributed by atoms with E-state index in [0.29, 0.717) is 0 Å². The molecule has 0 radical (unpaired) electrons. The first kappa shape index (κ1) is 9.35. The van der Waals surface area contributed by atoms with Crippen LogP contribution in [-0.4, -0.2) is 22.1 Å². The van der Waals surface area contributed by atoms with E-state index in [1.54, 1.807) is 12.4 Å². The van der Waals surface area contributed by atoms with Crippen molar-refractivity contribution in [3.63, 3.8) is 0 Å². The SMILES string of the molecule is CCC(=O)ONC(C)(O)O. The first-order valence-corrected chi connectivity index (χ1v) is 2.87. The van der Waals surface area contributed by atoms with Gasteiger partial charge in [-0.2, -0.15) is 0 Å². The lowest BCUT2D eigenvalue weighted by atomic mass is 10.5. The molecule has 10 heavy (non-hydrogen) atoms. The van der Waals surface area contributed by atoms with Gasteiger partial charge in [0.2, 0.25) is 0 Å². The Morgan fingerprint density at radius 3 is 2.50 bits per heavy atom. The summed E-state index contributed by atoms with van der Waals surface area (Å²) < 4.78 is 0. The fourth-order valence-corrected chi connectivity index (χ4v) is 0.226. The molecule has 0 heterocycles. The smallest absolute Gasteiger partial charge is 0.324 e. The highest BCUT2D eigenvalue weighted by atomic mass is 16.7. The van der Waals surface area contributed by atoms with Gasteiger partial charge in [-0.15, -0.1) is 0 Å². The number of hydrogen-bond donors (Lipinski definition) is 3. The number of rotatable bonds is 3. The highest BCUT2D eigenvalue weighted by Gasteiger charge is 2.15. The second-order valence-electron chi connectivity index (χ2n) is 1.95. The van der Waals surface area contributed by atoms with Gasteiger partial charge in [-0.3, -0.25) is 4.79 Å². The molecule has 0 aromatic carbocycles. The fraction of sp³-hybridized carbons (Fsp3) is 0.800. The zero-order chi connectivity index (χ0) is 8.20. The van der Waals surface area contributed by atoms with E-state index in [1.807, 2.05) is 0 Å². The van der Waals surface area contributed by atoms with E-state index in [9.17, 15) is 4.79 Å². The van der Waals surface area contributed by atoms with Gasteiger partial charge in [-0.1, -0.05) is 12.4 Å². The van der Waals surface area contributed by atoms with Crippen molar-refractivity contribution in [2.24, 2.45) is 0 Å². The third-order valence-corrected chi connectivity index (χ3v) is 0.647. The maximum absolute atomic E-state index is 10.4. The zero-order valence-corrected chi connectivity index (χ0v) is 5.92. The Morgan fingerprint density at radius 1 is 1.70 bits per heavy atom. The Balaban J connectivity index is 3.46. The molecule has 0 atom stereocenters. The molecule has 0 saturated heterocycles. The first-order chi connectivity index (χ1) is 4.45. The molecular formula is C5H11NO4. The normalized spacial score (nSPS) is 11.2. The average Bonchev–Trinajstić information content (AvgIpc) is 1.81. The van der Waals surface area contributed by atoms with Crippen molar-refractivity contribution in [1.82, 2.24) is 5.48 Å². The summed E-state index contributed by atoms with van der Waals surface area (Å²) in [5.41, 5.74) is 1.73. The van der Waals surface area contributed by atoms with Gasteiger partial charge in [0.1, 0.15) is 0 Å². The lowest BCUT2D eigenvalue weighted by Gasteiger charge is -2.15. The summed E-state index contributed by atoms with van der Waals surface area (Å²) in [6.45, 7) is 2.63. The van der Waals surface area contributed by atoms with Gasteiger partial charge in [0.05, 0.1) is 0 Å². The number of nitrogens with one attached hydrogen (secondary N) is 1. The van der Waals surface area contributed by atoms with Crippen LogP contribution in [0.25, 0.3) is 0 Å². The van der Waals surface area contributed by atoms with Crippen LogP contribution in [0.3, 0.4) is 0 Å². The number of hydroxylamine groups is 1. The van der Waals surface area contributed by atoms with Crippen LogP contribution < -0.4 is 5.48 Å². The van der Waals surface area contributed by atoms with E-state index in [0.717, 1.165) is 6.92 Å². The molecular weight excluding hydrogens is 138 g/mol. The Bertz CT molecular complexity index is 117. The predicted octanol–water partition coefficient (Wildman–Crippen LogP) is -0.898. The molecule has 3 N–H and O–H groups in total. The Morgan fingerprint density at radius 2 is 2.20 bits per heavy atom. The first-order valence-electron chi connectivity index (χ1n) is 2.87. The van der Waals surface area contributed by atoms with Gasteiger partial charge in [-0.05, 0) is 0 Å². The molecule has 0 fully saturated rings. The van der Waals surface area contributed by atoms with Gasteiger partial charge in [0.15, 0.2) is 0 Å². The largest absolute Gasteiger partial charge is 0.366 e. The maximum Gasteiger partial charge on any atom is 0.324 e. The molecule has 0 aliphatic heterocycles. The van der Waals surface area contributed by atoms with Crippen LogP contribution in [0.2, 0.25) is 0 Å². The zero-order valence-electron chi connectivity index (χ0n) is 5.92. The highest BCUT2D eigenvalue weighted by molar-refractivity contribution is 5.68. The summed E-state index contributed by atoms with van der Waals surface area (Å²) in [6.07, 6.45) is 0.184. The van der Waals surface area contributed by atoms with E-state index in [2.05, 4.69) is 4.84 Å². The van der Waals surface area contributed by atoms with Crippen LogP contribution in [0.4, 0.5) is 0 Å². The number of hydrogen-bond acceptors (Lipinski definition) is 5. The summed E-state index contributed by atoms with van der Waals surface area (Å²) in [4.78, 5) is 14.5. The monoisotopic (exact) mass is 149 g/mol. The van der Waals surface area contributed by atoms with E-state index in [4.69, 9.17) is 10.2 Å². The predicted molar refractivity (Wildman–Crippen MR) is 32.4 cm³/mol. The van der Waals surface area contributed by atoms with E-state index < -0.39 is 11.9 Å². The minimum atomic E-state index is -2.16. The standard InChI is InChI=1S/C5H11NO4/c1-3-4(7)10-6-5(2,8)9/h6,8-9H,3H2,1-2H3. The number of carbonyl (C=O) groups excluding carboxylic acids is 1. The van der Waals surface area contributed by atoms with Gasteiger partial charge in [-0.25, -0.2) is 0 Å². The fourth-order valence-electron chi connectivity index (χ4n) is 0.226. The summed E-state index contributed by atoms with van der Waals surface area (Å²) >= 11 is 0. The molecule has 0 aliphatic rings. The number of aliphatic hydroxyl groups is 2. The highest BCUT2D eigenvalue weighted by Crippen LogP contribution is 1.90. The minimum Gasteiger partial charge on any atom is -0.366 e. The van der Waals surface area contributed by atoms with Crippen molar-refractivity contribution >= 4 is 5.97 Å². The van der Waals surface area contributed by atoms with Crippen LogP contribution >= 0.6 is 0 Å². The molecule has 0 aliphatic carbocycles. The molecule has 0 amide bonds. The third kappa shape index (κ3) is 5.49. The van der Waals surface area contributed by atoms with E-state index >= 15 is 0 Å². The minimum absolute atomic E-state index is 0.184. The van der Waals surface area contributed by atoms with Gasteiger partial charge < -0.3 is 15.1 Å². The van der Waals surface area contributed by atoms with Crippen LogP contribution in [-0.2, 0) is 9.63 Å². The van der Waals surface area contributed by atoms with E-state index in [-0.39, 0.29) is 6.42 Å².